The maximum atomic E-state index is 13.0. The Hall–Kier alpha value is -2.15. The van der Waals surface area contributed by atoms with Crippen LogP contribution in [-0.4, -0.2) is 66.6 Å². The Kier molecular flexibility index (Phi) is 6.56. The normalized spacial score (nSPS) is 22.2. The van der Waals surface area contributed by atoms with E-state index in [0.717, 1.165) is 45.4 Å². The Labute approximate surface area is 177 Å². The summed E-state index contributed by atoms with van der Waals surface area (Å²) in [6.45, 7) is 3.49. The van der Waals surface area contributed by atoms with E-state index in [-0.39, 0.29) is 35.8 Å². The van der Waals surface area contributed by atoms with Crippen molar-refractivity contribution in [3.63, 3.8) is 0 Å². The second-order valence-corrected chi connectivity index (χ2v) is 8.71. The highest BCUT2D eigenvalue weighted by atomic mass is 19.1. The fourth-order valence-corrected chi connectivity index (χ4v) is 4.84. The van der Waals surface area contributed by atoms with Crippen LogP contribution in [0.4, 0.5) is 4.39 Å². The molecular formula is C23H31FN2O4. The molecule has 30 heavy (non-hydrogen) atoms. The van der Waals surface area contributed by atoms with Crippen molar-refractivity contribution in [1.29, 1.82) is 0 Å². The first kappa shape index (κ1) is 21.1. The van der Waals surface area contributed by atoms with Gasteiger partial charge < -0.3 is 19.3 Å². The molecule has 1 spiro atoms. The van der Waals surface area contributed by atoms with E-state index >= 15 is 0 Å². The number of ether oxygens (including phenoxy) is 2. The predicted octanol–water partition coefficient (Wildman–Crippen LogP) is 3.00. The van der Waals surface area contributed by atoms with Gasteiger partial charge in [0.1, 0.15) is 11.6 Å². The lowest BCUT2D eigenvalue weighted by atomic mass is 9.84. The largest absolute Gasteiger partial charge is 0.484 e. The van der Waals surface area contributed by atoms with Crippen molar-refractivity contribution in [2.45, 2.75) is 50.5 Å². The lowest BCUT2D eigenvalue weighted by Crippen LogP contribution is -2.52. The third kappa shape index (κ3) is 4.94. The van der Waals surface area contributed by atoms with Gasteiger partial charge in [-0.3, -0.25) is 9.59 Å². The molecule has 3 fully saturated rings. The molecule has 6 nitrogen and oxygen atoms in total. The Morgan fingerprint density at radius 1 is 1.00 bits per heavy atom. The van der Waals surface area contributed by atoms with Gasteiger partial charge in [0, 0.05) is 38.7 Å². The topological polar surface area (TPSA) is 59.1 Å². The van der Waals surface area contributed by atoms with Crippen molar-refractivity contribution in [3.8, 4) is 5.75 Å². The summed E-state index contributed by atoms with van der Waals surface area (Å²) >= 11 is 0. The molecule has 164 valence electrons. The van der Waals surface area contributed by atoms with Crippen molar-refractivity contribution >= 4 is 11.8 Å². The molecular weight excluding hydrogens is 387 g/mol. The minimum Gasteiger partial charge on any atom is -0.484 e. The molecule has 0 aliphatic carbocycles. The summed E-state index contributed by atoms with van der Waals surface area (Å²) < 4.78 is 24.5. The van der Waals surface area contributed by atoms with Crippen molar-refractivity contribution < 1.29 is 23.5 Å². The SMILES string of the molecule is O=C(COc1ccc(F)cc1)N1CCC(C(=O)N2CCC3(CCCCO3)CC2)CC1. The molecule has 0 unspecified atom stereocenters. The first-order valence-corrected chi connectivity index (χ1v) is 11.1. The molecule has 7 heteroatoms. The summed E-state index contributed by atoms with van der Waals surface area (Å²) in [6, 6.07) is 5.63. The zero-order valence-electron chi connectivity index (χ0n) is 17.5. The molecule has 3 saturated heterocycles. The van der Waals surface area contributed by atoms with Gasteiger partial charge in [-0.25, -0.2) is 4.39 Å². The monoisotopic (exact) mass is 418 g/mol. The van der Waals surface area contributed by atoms with Crippen LogP contribution in [0.15, 0.2) is 24.3 Å². The number of carbonyl (C=O) groups is 2. The smallest absolute Gasteiger partial charge is 0.260 e. The average Bonchev–Trinajstić information content (AvgIpc) is 2.79. The summed E-state index contributed by atoms with van der Waals surface area (Å²) in [5, 5.41) is 0. The molecule has 0 saturated carbocycles. The zero-order valence-corrected chi connectivity index (χ0v) is 17.5. The minimum absolute atomic E-state index is 0.00612. The molecule has 3 heterocycles. The fourth-order valence-electron chi connectivity index (χ4n) is 4.84. The van der Waals surface area contributed by atoms with Gasteiger partial charge in [-0.05, 0) is 69.2 Å². The van der Waals surface area contributed by atoms with Crippen LogP contribution >= 0.6 is 0 Å². The molecule has 2 amide bonds. The number of hydrogen-bond donors (Lipinski definition) is 0. The predicted molar refractivity (Wildman–Crippen MR) is 110 cm³/mol. The van der Waals surface area contributed by atoms with E-state index in [9.17, 15) is 14.0 Å². The summed E-state index contributed by atoms with van der Waals surface area (Å²) in [7, 11) is 0. The number of carbonyl (C=O) groups excluding carboxylic acids is 2. The lowest BCUT2D eigenvalue weighted by molar-refractivity contribution is -0.149. The number of rotatable bonds is 4. The number of nitrogens with zero attached hydrogens (tertiary/aromatic N) is 2. The molecule has 3 aliphatic heterocycles. The molecule has 1 aromatic rings. The van der Waals surface area contributed by atoms with Crippen LogP contribution in [0.1, 0.15) is 44.9 Å². The van der Waals surface area contributed by atoms with E-state index < -0.39 is 0 Å². The minimum atomic E-state index is -0.337. The van der Waals surface area contributed by atoms with Crippen molar-refractivity contribution in [2.24, 2.45) is 5.92 Å². The van der Waals surface area contributed by atoms with Crippen LogP contribution in [0.2, 0.25) is 0 Å². The third-order valence-corrected chi connectivity index (χ3v) is 6.79. The van der Waals surface area contributed by atoms with Gasteiger partial charge in [0.2, 0.25) is 5.91 Å². The van der Waals surface area contributed by atoms with Gasteiger partial charge in [0.05, 0.1) is 5.60 Å². The number of halogens is 1. The van der Waals surface area contributed by atoms with Crippen LogP contribution in [0.25, 0.3) is 0 Å². The second-order valence-electron chi connectivity index (χ2n) is 8.71. The molecule has 0 bridgehead atoms. The fraction of sp³-hybridized carbons (Fsp3) is 0.652. The van der Waals surface area contributed by atoms with E-state index in [1.807, 2.05) is 4.90 Å². The first-order valence-electron chi connectivity index (χ1n) is 11.1. The number of amides is 2. The summed E-state index contributed by atoms with van der Waals surface area (Å²) in [6.07, 6.45) is 6.77. The highest BCUT2D eigenvalue weighted by molar-refractivity contribution is 5.80. The molecule has 0 N–H and O–H groups in total. The highest BCUT2D eigenvalue weighted by Crippen LogP contribution is 2.35. The maximum absolute atomic E-state index is 13.0. The van der Waals surface area contributed by atoms with E-state index in [0.29, 0.717) is 31.7 Å². The van der Waals surface area contributed by atoms with Gasteiger partial charge >= 0.3 is 0 Å². The van der Waals surface area contributed by atoms with Gasteiger partial charge in [-0.15, -0.1) is 0 Å². The summed E-state index contributed by atoms with van der Waals surface area (Å²) in [4.78, 5) is 29.1. The molecule has 4 rings (SSSR count). The van der Waals surface area contributed by atoms with Crippen LogP contribution in [0.5, 0.6) is 5.75 Å². The molecule has 0 atom stereocenters. The maximum Gasteiger partial charge on any atom is 0.260 e. The van der Waals surface area contributed by atoms with E-state index in [1.54, 1.807) is 4.90 Å². The Balaban J connectivity index is 1.20. The summed E-state index contributed by atoms with van der Waals surface area (Å²) in [5.41, 5.74) is 0.00926. The quantitative estimate of drug-likeness (QED) is 0.754. The van der Waals surface area contributed by atoms with Crippen molar-refractivity contribution in [2.75, 3.05) is 39.4 Å². The van der Waals surface area contributed by atoms with E-state index in [1.165, 1.54) is 30.7 Å². The van der Waals surface area contributed by atoms with Crippen LogP contribution in [-0.2, 0) is 14.3 Å². The number of hydrogen-bond acceptors (Lipinski definition) is 4. The molecule has 1 aromatic carbocycles. The highest BCUT2D eigenvalue weighted by Gasteiger charge is 2.39. The number of benzene rings is 1. The standard InChI is InChI=1S/C23H31FN2O4/c24-19-3-5-20(6-4-19)29-17-21(27)25-12-7-18(8-13-25)22(28)26-14-10-23(11-15-26)9-1-2-16-30-23/h3-6,18H,1-2,7-17H2. The van der Waals surface area contributed by atoms with Gasteiger partial charge in [0.25, 0.3) is 5.91 Å². The van der Waals surface area contributed by atoms with Gasteiger partial charge in [-0.2, -0.15) is 0 Å². The summed E-state index contributed by atoms with van der Waals surface area (Å²) in [5.74, 6) is 0.262. The Morgan fingerprint density at radius 3 is 2.33 bits per heavy atom. The van der Waals surface area contributed by atoms with E-state index in [4.69, 9.17) is 9.47 Å². The lowest BCUT2D eigenvalue weighted by Gasteiger charge is -2.45. The second kappa shape index (κ2) is 9.33. The Bertz CT molecular complexity index is 730. The number of piperidine rings is 2. The first-order chi connectivity index (χ1) is 14.5. The Morgan fingerprint density at radius 2 is 1.70 bits per heavy atom. The number of likely N-dealkylation sites (tertiary alicyclic amines) is 2. The van der Waals surface area contributed by atoms with Gasteiger partial charge in [0.15, 0.2) is 6.61 Å². The van der Waals surface area contributed by atoms with Crippen LogP contribution < -0.4 is 4.74 Å². The van der Waals surface area contributed by atoms with Crippen LogP contribution in [0.3, 0.4) is 0 Å². The molecule has 3 aliphatic rings. The molecule has 0 radical (unpaired) electrons. The van der Waals surface area contributed by atoms with Crippen LogP contribution in [0, 0.1) is 11.7 Å². The third-order valence-electron chi connectivity index (χ3n) is 6.79. The zero-order chi connectivity index (χ0) is 21.0. The average molecular weight is 419 g/mol. The van der Waals surface area contributed by atoms with Crippen molar-refractivity contribution in [1.82, 2.24) is 9.80 Å². The van der Waals surface area contributed by atoms with Crippen molar-refractivity contribution in [3.05, 3.63) is 30.1 Å². The van der Waals surface area contributed by atoms with Gasteiger partial charge in [-0.1, -0.05) is 0 Å². The van der Waals surface area contributed by atoms with E-state index in [2.05, 4.69) is 0 Å². The molecule has 0 aromatic heterocycles.